The number of pyridine rings is 1. The van der Waals surface area contributed by atoms with E-state index in [9.17, 15) is 18.0 Å². The van der Waals surface area contributed by atoms with E-state index in [2.05, 4.69) is 9.88 Å². The molecule has 6 heteroatoms. The number of aromatic amines is 1. The first-order valence-corrected chi connectivity index (χ1v) is 8.40. The number of piperidine rings is 1. The molecule has 1 aromatic carbocycles. The number of hydrogen-bond acceptors (Lipinski definition) is 2. The van der Waals surface area contributed by atoms with E-state index in [-0.39, 0.29) is 5.56 Å². The number of alkyl halides is 3. The summed E-state index contributed by atoms with van der Waals surface area (Å²) >= 11 is 0. The molecule has 0 spiro atoms. The zero-order valence-electron chi connectivity index (χ0n) is 14.1. The summed E-state index contributed by atoms with van der Waals surface area (Å²) in [5.41, 5.74) is 1.96. The summed E-state index contributed by atoms with van der Waals surface area (Å²) in [7, 11) is 0. The van der Waals surface area contributed by atoms with Gasteiger partial charge in [0, 0.05) is 18.8 Å². The molecule has 0 bridgehead atoms. The first-order valence-electron chi connectivity index (χ1n) is 8.40. The van der Waals surface area contributed by atoms with Gasteiger partial charge in [-0.05, 0) is 73.7 Å². The van der Waals surface area contributed by atoms with Gasteiger partial charge in [-0.25, -0.2) is 0 Å². The number of aryl methyl sites for hydroxylation is 1. The van der Waals surface area contributed by atoms with Gasteiger partial charge in [0.2, 0.25) is 5.56 Å². The topological polar surface area (TPSA) is 36.1 Å². The van der Waals surface area contributed by atoms with Crippen molar-refractivity contribution in [2.45, 2.75) is 38.4 Å². The van der Waals surface area contributed by atoms with Crippen LogP contribution in [0.15, 0.2) is 41.3 Å². The fourth-order valence-electron chi connectivity index (χ4n) is 3.40. The Morgan fingerprint density at radius 3 is 2.52 bits per heavy atom. The number of benzene rings is 1. The molecule has 134 valence electrons. The predicted molar refractivity (Wildman–Crippen MR) is 90.5 cm³/mol. The van der Waals surface area contributed by atoms with Gasteiger partial charge < -0.3 is 4.98 Å². The van der Waals surface area contributed by atoms with Gasteiger partial charge in [-0.3, -0.25) is 9.69 Å². The van der Waals surface area contributed by atoms with Crippen molar-refractivity contribution in [1.29, 1.82) is 0 Å². The molecule has 25 heavy (non-hydrogen) atoms. The van der Waals surface area contributed by atoms with Gasteiger partial charge in [-0.2, -0.15) is 13.2 Å². The van der Waals surface area contributed by atoms with E-state index in [1.807, 2.05) is 13.0 Å². The van der Waals surface area contributed by atoms with Crippen LogP contribution in [0.1, 0.15) is 41.0 Å². The van der Waals surface area contributed by atoms with Gasteiger partial charge in [0.25, 0.3) is 0 Å². The summed E-state index contributed by atoms with van der Waals surface area (Å²) in [5.74, 6) is 0.334. The molecule has 2 aromatic rings. The number of rotatable bonds is 3. The molecule has 0 saturated carbocycles. The van der Waals surface area contributed by atoms with Crippen LogP contribution in [0.4, 0.5) is 13.2 Å². The van der Waals surface area contributed by atoms with E-state index in [0.29, 0.717) is 12.5 Å². The predicted octanol–water partition coefficient (Wildman–Crippen LogP) is 4.08. The highest BCUT2D eigenvalue weighted by atomic mass is 19.4. The van der Waals surface area contributed by atoms with E-state index in [1.165, 1.54) is 6.07 Å². The lowest BCUT2D eigenvalue weighted by Gasteiger charge is -2.32. The summed E-state index contributed by atoms with van der Waals surface area (Å²) in [5, 5.41) is 0. The third-order valence-corrected chi connectivity index (χ3v) is 4.93. The molecule has 0 atom stereocenters. The number of likely N-dealkylation sites (tertiary alicyclic amines) is 1. The largest absolute Gasteiger partial charge is 0.416 e. The lowest BCUT2D eigenvalue weighted by molar-refractivity contribution is -0.137. The number of halogens is 3. The third-order valence-electron chi connectivity index (χ3n) is 4.93. The number of aromatic nitrogens is 1. The Hall–Kier alpha value is -2.08. The molecule has 0 unspecified atom stereocenters. The van der Waals surface area contributed by atoms with Crippen LogP contribution in [0, 0.1) is 6.92 Å². The van der Waals surface area contributed by atoms with Crippen molar-refractivity contribution >= 4 is 0 Å². The molecule has 3 nitrogen and oxygen atoms in total. The van der Waals surface area contributed by atoms with Crippen molar-refractivity contribution in [1.82, 2.24) is 9.88 Å². The summed E-state index contributed by atoms with van der Waals surface area (Å²) in [6.45, 7) is 4.00. The number of hydrogen-bond donors (Lipinski definition) is 1. The maximum Gasteiger partial charge on any atom is 0.416 e. The van der Waals surface area contributed by atoms with Crippen molar-refractivity contribution in [3.63, 3.8) is 0 Å². The first kappa shape index (κ1) is 17.7. The summed E-state index contributed by atoms with van der Waals surface area (Å²) in [6, 6.07) is 7.51. The SMILES string of the molecule is Cc1ccc(C(F)(F)F)cc1CN1CCC(c2cc[nH]c(=O)c2)CC1. The molecule has 2 heterocycles. The van der Waals surface area contributed by atoms with Crippen LogP contribution in [0.5, 0.6) is 0 Å². The Morgan fingerprint density at radius 2 is 1.88 bits per heavy atom. The van der Waals surface area contributed by atoms with Gasteiger partial charge in [0.15, 0.2) is 0 Å². The maximum atomic E-state index is 12.9. The number of nitrogens with one attached hydrogen (secondary N) is 1. The van der Waals surface area contributed by atoms with E-state index in [1.54, 1.807) is 18.3 Å². The molecule has 1 aliphatic heterocycles. The minimum Gasteiger partial charge on any atom is -0.329 e. The molecular weight excluding hydrogens is 329 g/mol. The first-order chi connectivity index (χ1) is 11.8. The van der Waals surface area contributed by atoms with Crippen molar-refractivity contribution in [2.24, 2.45) is 0 Å². The van der Waals surface area contributed by atoms with Gasteiger partial charge in [0.05, 0.1) is 5.56 Å². The normalized spacial score (nSPS) is 17.0. The molecule has 0 radical (unpaired) electrons. The average Bonchev–Trinajstić information content (AvgIpc) is 2.56. The van der Waals surface area contributed by atoms with Crippen molar-refractivity contribution in [3.05, 3.63) is 69.1 Å². The smallest absolute Gasteiger partial charge is 0.329 e. The average molecular weight is 350 g/mol. The Morgan fingerprint density at radius 1 is 1.16 bits per heavy atom. The quantitative estimate of drug-likeness (QED) is 0.905. The lowest BCUT2D eigenvalue weighted by Crippen LogP contribution is -2.33. The van der Waals surface area contributed by atoms with E-state index >= 15 is 0 Å². The van der Waals surface area contributed by atoms with Crippen LogP contribution in [-0.4, -0.2) is 23.0 Å². The highest BCUT2D eigenvalue weighted by Crippen LogP contribution is 2.32. The van der Waals surface area contributed by atoms with Gasteiger partial charge in [0.1, 0.15) is 0 Å². The van der Waals surface area contributed by atoms with Crippen LogP contribution in [0.25, 0.3) is 0 Å². The second-order valence-electron chi connectivity index (χ2n) is 6.68. The molecule has 1 N–H and O–H groups in total. The second-order valence-corrected chi connectivity index (χ2v) is 6.68. The van der Waals surface area contributed by atoms with Gasteiger partial charge >= 0.3 is 6.18 Å². The van der Waals surface area contributed by atoms with Crippen LogP contribution >= 0.6 is 0 Å². The minimum atomic E-state index is -4.31. The zero-order valence-corrected chi connectivity index (χ0v) is 14.1. The van der Waals surface area contributed by atoms with Gasteiger partial charge in [-0.1, -0.05) is 6.07 Å². The Balaban J connectivity index is 1.65. The van der Waals surface area contributed by atoms with Crippen molar-refractivity contribution < 1.29 is 13.2 Å². The molecule has 0 aliphatic carbocycles. The molecule has 1 fully saturated rings. The Labute approximate surface area is 144 Å². The molecule has 1 aromatic heterocycles. The third kappa shape index (κ3) is 4.31. The molecule has 0 amide bonds. The Bertz CT molecular complexity index is 790. The highest BCUT2D eigenvalue weighted by molar-refractivity contribution is 5.32. The number of H-pyrrole nitrogens is 1. The fraction of sp³-hybridized carbons (Fsp3) is 0.421. The zero-order chi connectivity index (χ0) is 18.0. The standard InChI is InChI=1S/C19H21F3N2O/c1-13-2-3-17(19(20,21)22)10-16(13)12-24-8-5-14(6-9-24)15-4-7-23-18(25)11-15/h2-4,7,10-11,14H,5-6,8-9,12H2,1H3,(H,23,25). The molecular formula is C19H21F3N2O. The van der Waals surface area contributed by atoms with Crippen LogP contribution in [0.3, 0.4) is 0 Å². The monoisotopic (exact) mass is 350 g/mol. The van der Waals surface area contributed by atoms with Crippen LogP contribution in [-0.2, 0) is 12.7 Å². The van der Waals surface area contributed by atoms with Crippen LogP contribution in [0.2, 0.25) is 0 Å². The highest BCUT2D eigenvalue weighted by Gasteiger charge is 2.31. The minimum absolute atomic E-state index is 0.0977. The summed E-state index contributed by atoms with van der Waals surface area (Å²) in [6.07, 6.45) is -0.839. The maximum absolute atomic E-state index is 12.9. The lowest BCUT2D eigenvalue weighted by atomic mass is 9.90. The van der Waals surface area contributed by atoms with E-state index in [0.717, 1.165) is 48.7 Å². The van der Waals surface area contributed by atoms with Crippen molar-refractivity contribution in [2.75, 3.05) is 13.1 Å². The van der Waals surface area contributed by atoms with E-state index < -0.39 is 11.7 Å². The van der Waals surface area contributed by atoms with Crippen LogP contribution < -0.4 is 5.56 Å². The Kier molecular flexibility index (Phi) is 4.99. The van der Waals surface area contributed by atoms with Crippen molar-refractivity contribution in [3.8, 4) is 0 Å². The number of nitrogens with zero attached hydrogens (tertiary/aromatic N) is 1. The van der Waals surface area contributed by atoms with Gasteiger partial charge in [-0.15, -0.1) is 0 Å². The molecule has 3 rings (SSSR count). The molecule has 1 aliphatic rings. The fourth-order valence-corrected chi connectivity index (χ4v) is 3.40. The summed E-state index contributed by atoms with van der Waals surface area (Å²) < 4.78 is 38.7. The molecule has 1 saturated heterocycles. The second kappa shape index (κ2) is 7.04. The van der Waals surface area contributed by atoms with E-state index in [4.69, 9.17) is 0 Å². The summed E-state index contributed by atoms with van der Waals surface area (Å²) in [4.78, 5) is 16.2.